The van der Waals surface area contributed by atoms with Crippen LogP contribution in [0.15, 0.2) is 41.3 Å². The lowest BCUT2D eigenvalue weighted by Crippen LogP contribution is -2.19. The van der Waals surface area contributed by atoms with Crippen LogP contribution in [0.3, 0.4) is 0 Å². The minimum atomic E-state index is -1.07. The Morgan fingerprint density at radius 2 is 1.52 bits per heavy atom. The van der Waals surface area contributed by atoms with E-state index in [2.05, 4.69) is 38.1 Å². The van der Waals surface area contributed by atoms with E-state index in [1.54, 1.807) is 0 Å². The van der Waals surface area contributed by atoms with Gasteiger partial charge in [0.05, 0.1) is 10.8 Å². The summed E-state index contributed by atoms with van der Waals surface area (Å²) in [7, 11) is -1.07. The average molecular weight is 301 g/mol. The standard InChI is InChI=1S/C18H23NOS/c1-12-5-7-16(14(3)9-12)17(19)11-21(20)18-8-6-13(2)10-15(18)4/h5-10,17H,11,19H2,1-4H3. The van der Waals surface area contributed by atoms with Crippen molar-refractivity contribution in [2.45, 2.75) is 38.6 Å². The third-order valence-electron chi connectivity index (χ3n) is 3.73. The maximum Gasteiger partial charge on any atom is 0.0551 e. The molecule has 2 nitrogen and oxygen atoms in total. The molecule has 0 aromatic heterocycles. The van der Waals surface area contributed by atoms with Gasteiger partial charge in [0.2, 0.25) is 0 Å². The van der Waals surface area contributed by atoms with Gasteiger partial charge in [-0.15, -0.1) is 0 Å². The van der Waals surface area contributed by atoms with Crippen molar-refractivity contribution < 1.29 is 4.21 Å². The van der Waals surface area contributed by atoms with Crippen molar-refractivity contribution in [2.75, 3.05) is 5.75 Å². The number of hydrogen-bond acceptors (Lipinski definition) is 2. The summed E-state index contributed by atoms with van der Waals surface area (Å²) in [6.45, 7) is 8.17. The lowest BCUT2D eigenvalue weighted by Gasteiger charge is -2.16. The van der Waals surface area contributed by atoms with Crippen molar-refractivity contribution in [1.82, 2.24) is 0 Å². The first-order valence-corrected chi connectivity index (χ1v) is 8.48. The molecule has 0 fully saturated rings. The molecule has 0 bridgehead atoms. The molecule has 2 unspecified atom stereocenters. The first kappa shape index (κ1) is 15.9. The fourth-order valence-electron chi connectivity index (χ4n) is 2.64. The molecule has 2 rings (SSSR count). The zero-order valence-electron chi connectivity index (χ0n) is 13.1. The van der Waals surface area contributed by atoms with Gasteiger partial charge in [0, 0.05) is 16.7 Å². The van der Waals surface area contributed by atoms with Crippen LogP contribution in [0.5, 0.6) is 0 Å². The van der Waals surface area contributed by atoms with Gasteiger partial charge in [0.15, 0.2) is 0 Å². The Morgan fingerprint density at radius 3 is 2.10 bits per heavy atom. The Labute approximate surface area is 129 Å². The molecule has 0 amide bonds. The predicted octanol–water partition coefficient (Wildman–Crippen LogP) is 3.73. The van der Waals surface area contributed by atoms with E-state index in [4.69, 9.17) is 5.73 Å². The zero-order valence-corrected chi connectivity index (χ0v) is 14.0. The van der Waals surface area contributed by atoms with Crippen LogP contribution in [-0.4, -0.2) is 9.96 Å². The molecule has 0 aliphatic heterocycles. The summed E-state index contributed by atoms with van der Waals surface area (Å²) in [5, 5.41) is 0. The van der Waals surface area contributed by atoms with Gasteiger partial charge >= 0.3 is 0 Å². The molecule has 2 aromatic rings. The van der Waals surface area contributed by atoms with Crippen molar-refractivity contribution in [3.8, 4) is 0 Å². The Kier molecular flexibility index (Phi) is 4.96. The van der Waals surface area contributed by atoms with Crippen molar-refractivity contribution in [3.63, 3.8) is 0 Å². The highest BCUT2D eigenvalue weighted by Crippen LogP contribution is 2.22. The van der Waals surface area contributed by atoms with E-state index < -0.39 is 10.8 Å². The van der Waals surface area contributed by atoms with Gasteiger partial charge in [-0.3, -0.25) is 4.21 Å². The van der Waals surface area contributed by atoms with Crippen LogP contribution >= 0.6 is 0 Å². The molecular weight excluding hydrogens is 278 g/mol. The third kappa shape index (κ3) is 3.80. The number of rotatable bonds is 4. The molecule has 0 aliphatic carbocycles. The molecule has 0 saturated heterocycles. The quantitative estimate of drug-likeness (QED) is 0.935. The number of hydrogen-bond donors (Lipinski definition) is 1. The summed E-state index contributed by atoms with van der Waals surface area (Å²) in [5.41, 5.74) is 12.0. The molecule has 2 N–H and O–H groups in total. The molecule has 3 heteroatoms. The maximum atomic E-state index is 12.6. The molecule has 112 valence electrons. The van der Waals surface area contributed by atoms with Gasteiger partial charge in [-0.05, 0) is 50.5 Å². The van der Waals surface area contributed by atoms with Crippen LogP contribution < -0.4 is 5.73 Å². The smallest absolute Gasteiger partial charge is 0.0551 e. The van der Waals surface area contributed by atoms with E-state index >= 15 is 0 Å². The molecule has 2 aromatic carbocycles. The maximum absolute atomic E-state index is 12.6. The van der Waals surface area contributed by atoms with E-state index in [0.717, 1.165) is 16.0 Å². The Hall–Kier alpha value is -1.45. The fourth-order valence-corrected chi connectivity index (χ4v) is 3.96. The average Bonchev–Trinajstić information content (AvgIpc) is 2.37. The van der Waals surface area contributed by atoms with Crippen LogP contribution in [0.4, 0.5) is 0 Å². The van der Waals surface area contributed by atoms with Gasteiger partial charge in [-0.1, -0.05) is 41.5 Å². The summed E-state index contributed by atoms with van der Waals surface area (Å²) in [4.78, 5) is 0.890. The van der Waals surface area contributed by atoms with Crippen LogP contribution in [-0.2, 0) is 10.8 Å². The van der Waals surface area contributed by atoms with Gasteiger partial charge in [0.1, 0.15) is 0 Å². The number of nitrogens with two attached hydrogens (primary N) is 1. The summed E-state index contributed by atoms with van der Waals surface area (Å²) in [6.07, 6.45) is 0. The number of benzene rings is 2. The van der Waals surface area contributed by atoms with Crippen molar-refractivity contribution in [2.24, 2.45) is 5.73 Å². The minimum Gasteiger partial charge on any atom is -0.323 e. The second-order valence-corrected chi connectivity index (χ2v) is 7.21. The van der Waals surface area contributed by atoms with E-state index in [1.807, 2.05) is 26.0 Å². The molecule has 0 spiro atoms. The molecule has 2 atom stereocenters. The van der Waals surface area contributed by atoms with E-state index in [9.17, 15) is 4.21 Å². The van der Waals surface area contributed by atoms with Crippen LogP contribution in [0.25, 0.3) is 0 Å². The SMILES string of the molecule is Cc1ccc(C(N)CS(=O)c2ccc(C)cc2C)c(C)c1. The second-order valence-electron chi connectivity index (χ2n) is 5.75. The van der Waals surface area contributed by atoms with Crippen LogP contribution in [0.2, 0.25) is 0 Å². The highest BCUT2D eigenvalue weighted by Gasteiger charge is 2.15. The molecular formula is C18H23NOS. The summed E-state index contributed by atoms with van der Waals surface area (Å²) < 4.78 is 12.6. The Balaban J connectivity index is 2.18. The molecule has 0 radical (unpaired) electrons. The predicted molar refractivity (Wildman–Crippen MR) is 90.0 cm³/mol. The zero-order chi connectivity index (χ0) is 15.6. The van der Waals surface area contributed by atoms with Gasteiger partial charge in [0.25, 0.3) is 0 Å². The first-order valence-electron chi connectivity index (χ1n) is 7.17. The van der Waals surface area contributed by atoms with Crippen LogP contribution in [0, 0.1) is 27.7 Å². The summed E-state index contributed by atoms with van der Waals surface area (Å²) >= 11 is 0. The van der Waals surface area contributed by atoms with Crippen molar-refractivity contribution in [1.29, 1.82) is 0 Å². The lowest BCUT2D eigenvalue weighted by atomic mass is 10.0. The van der Waals surface area contributed by atoms with Gasteiger partial charge < -0.3 is 5.73 Å². The topological polar surface area (TPSA) is 43.1 Å². The molecule has 0 aliphatic rings. The Morgan fingerprint density at radius 1 is 0.952 bits per heavy atom. The molecule has 0 saturated carbocycles. The minimum absolute atomic E-state index is 0.202. The first-order chi connectivity index (χ1) is 9.88. The highest BCUT2D eigenvalue weighted by molar-refractivity contribution is 7.85. The van der Waals surface area contributed by atoms with E-state index in [1.165, 1.54) is 16.7 Å². The fraction of sp³-hybridized carbons (Fsp3) is 0.333. The molecule has 21 heavy (non-hydrogen) atoms. The molecule has 0 heterocycles. The Bertz CT molecular complexity index is 679. The highest BCUT2D eigenvalue weighted by atomic mass is 32.2. The largest absolute Gasteiger partial charge is 0.323 e. The van der Waals surface area contributed by atoms with E-state index in [-0.39, 0.29) is 6.04 Å². The van der Waals surface area contributed by atoms with Crippen LogP contribution in [0.1, 0.15) is 33.9 Å². The monoisotopic (exact) mass is 301 g/mol. The van der Waals surface area contributed by atoms with Gasteiger partial charge in [-0.2, -0.15) is 0 Å². The third-order valence-corrected chi connectivity index (χ3v) is 5.34. The second kappa shape index (κ2) is 6.54. The lowest BCUT2D eigenvalue weighted by molar-refractivity contribution is 0.674. The van der Waals surface area contributed by atoms with E-state index in [0.29, 0.717) is 5.75 Å². The summed E-state index contributed by atoms with van der Waals surface area (Å²) in [6, 6.07) is 12.0. The van der Waals surface area contributed by atoms with Crippen molar-refractivity contribution in [3.05, 3.63) is 64.2 Å². The number of aryl methyl sites for hydroxylation is 4. The van der Waals surface area contributed by atoms with Crippen molar-refractivity contribution >= 4 is 10.8 Å². The summed E-state index contributed by atoms with van der Waals surface area (Å²) in [5.74, 6) is 0.452. The normalized spacial score (nSPS) is 14.0. The van der Waals surface area contributed by atoms with Gasteiger partial charge in [-0.25, -0.2) is 0 Å².